The Hall–Kier alpha value is -2.44. The maximum absolute atomic E-state index is 13.5. The minimum absolute atomic E-state index is 0.0842. The monoisotopic (exact) mass is 371 g/mol. The van der Waals surface area contributed by atoms with Crippen molar-refractivity contribution in [3.8, 4) is 5.75 Å². The van der Waals surface area contributed by atoms with E-state index in [0.717, 1.165) is 38.3 Å². The molecule has 3 rings (SSSR count). The van der Waals surface area contributed by atoms with Gasteiger partial charge in [-0.3, -0.25) is 9.69 Å². The quantitative estimate of drug-likeness (QED) is 0.811. The van der Waals surface area contributed by atoms with Crippen LogP contribution in [0.2, 0.25) is 0 Å². The highest BCUT2D eigenvalue weighted by atomic mass is 19.1. The zero-order valence-electron chi connectivity index (χ0n) is 15.7. The maximum atomic E-state index is 13.5. The first-order valence-corrected chi connectivity index (χ1v) is 9.23. The van der Waals surface area contributed by atoms with Crippen LogP contribution in [0, 0.1) is 5.82 Å². The number of likely N-dealkylation sites (N-methyl/N-ethyl adjacent to an activating group) is 1. The summed E-state index contributed by atoms with van der Waals surface area (Å²) in [5, 5.41) is 2.79. The molecule has 0 aromatic heterocycles. The number of nitrogens with one attached hydrogen (secondary N) is 1. The smallest absolute Gasteiger partial charge is 0.258 e. The summed E-state index contributed by atoms with van der Waals surface area (Å²) in [7, 11) is 2.15. The summed E-state index contributed by atoms with van der Waals surface area (Å²) >= 11 is 0. The average molecular weight is 371 g/mol. The number of amides is 1. The molecule has 1 aliphatic rings. The Morgan fingerprint density at radius 3 is 2.41 bits per heavy atom. The molecule has 0 radical (unpaired) electrons. The van der Waals surface area contributed by atoms with Crippen LogP contribution in [0.15, 0.2) is 48.5 Å². The summed E-state index contributed by atoms with van der Waals surface area (Å²) < 4.78 is 18.7. The first-order chi connectivity index (χ1) is 13.1. The molecule has 1 aliphatic heterocycles. The van der Waals surface area contributed by atoms with Crippen molar-refractivity contribution in [2.45, 2.75) is 13.1 Å². The summed E-state index contributed by atoms with van der Waals surface area (Å²) in [5.74, 6) is -0.665. The van der Waals surface area contributed by atoms with E-state index in [1.807, 2.05) is 12.1 Å². The lowest BCUT2D eigenvalue weighted by Gasteiger charge is -2.32. The summed E-state index contributed by atoms with van der Waals surface area (Å²) in [6.07, 6.45) is 0. The van der Waals surface area contributed by atoms with Gasteiger partial charge in [-0.15, -0.1) is 0 Å². The van der Waals surface area contributed by atoms with E-state index in [1.165, 1.54) is 17.7 Å². The van der Waals surface area contributed by atoms with E-state index in [-0.39, 0.29) is 18.3 Å². The molecule has 27 heavy (non-hydrogen) atoms. The first kappa shape index (κ1) is 19.3. The van der Waals surface area contributed by atoms with Crippen molar-refractivity contribution >= 4 is 5.91 Å². The fraction of sp³-hybridized carbons (Fsp3) is 0.381. The van der Waals surface area contributed by atoms with Crippen LogP contribution in [-0.2, 0) is 17.9 Å². The van der Waals surface area contributed by atoms with E-state index in [1.54, 1.807) is 12.1 Å². The summed E-state index contributed by atoms with van der Waals surface area (Å²) in [6.45, 7) is 5.58. The molecule has 2 aromatic rings. The van der Waals surface area contributed by atoms with Crippen LogP contribution in [0.4, 0.5) is 4.39 Å². The third kappa shape index (κ3) is 6.05. The van der Waals surface area contributed by atoms with Crippen molar-refractivity contribution in [1.82, 2.24) is 15.1 Å². The van der Waals surface area contributed by atoms with Gasteiger partial charge in [-0.05, 0) is 30.3 Å². The number of hydrogen-bond acceptors (Lipinski definition) is 4. The van der Waals surface area contributed by atoms with Gasteiger partial charge in [0.25, 0.3) is 5.91 Å². The molecule has 2 aromatic carbocycles. The molecule has 0 bridgehead atoms. The van der Waals surface area contributed by atoms with Crippen molar-refractivity contribution in [2.75, 3.05) is 39.8 Å². The van der Waals surface area contributed by atoms with Crippen molar-refractivity contribution in [1.29, 1.82) is 0 Å². The first-order valence-electron chi connectivity index (χ1n) is 9.23. The van der Waals surface area contributed by atoms with Crippen molar-refractivity contribution in [3.63, 3.8) is 0 Å². The van der Waals surface area contributed by atoms with Crippen LogP contribution in [0.25, 0.3) is 0 Å². The van der Waals surface area contributed by atoms with Crippen LogP contribution in [-0.4, -0.2) is 55.5 Å². The normalized spacial score (nSPS) is 15.5. The van der Waals surface area contributed by atoms with Gasteiger partial charge in [0, 0.05) is 39.3 Å². The van der Waals surface area contributed by atoms with Gasteiger partial charge in [0.2, 0.25) is 0 Å². The van der Waals surface area contributed by atoms with Crippen LogP contribution >= 0.6 is 0 Å². The van der Waals surface area contributed by atoms with Crippen molar-refractivity contribution < 1.29 is 13.9 Å². The Morgan fingerprint density at radius 1 is 1.04 bits per heavy atom. The summed E-state index contributed by atoms with van der Waals surface area (Å²) in [4.78, 5) is 16.7. The number of nitrogens with zero attached hydrogens (tertiary/aromatic N) is 2. The third-order valence-corrected chi connectivity index (χ3v) is 4.71. The standard InChI is InChI=1S/C21H26FN3O2/c1-24-10-12-25(13-11-24)15-18-8-6-17(7-9-18)14-23-21(26)16-27-20-5-3-2-4-19(20)22/h2-9H,10-16H2,1H3,(H,23,26). The molecule has 5 nitrogen and oxygen atoms in total. The number of piperazine rings is 1. The number of carbonyl (C=O) groups excluding carboxylic acids is 1. The predicted octanol–water partition coefficient (Wildman–Crippen LogP) is 2.27. The molecule has 1 saturated heterocycles. The molecule has 0 unspecified atom stereocenters. The number of rotatable bonds is 7. The molecule has 144 valence electrons. The maximum Gasteiger partial charge on any atom is 0.258 e. The van der Waals surface area contributed by atoms with E-state index in [2.05, 4.69) is 34.3 Å². The fourth-order valence-electron chi connectivity index (χ4n) is 2.98. The fourth-order valence-corrected chi connectivity index (χ4v) is 2.98. The van der Waals surface area contributed by atoms with Crippen molar-refractivity contribution in [3.05, 3.63) is 65.5 Å². The second kappa shape index (κ2) is 9.48. The Kier molecular flexibility index (Phi) is 6.79. The number of carbonyl (C=O) groups is 1. The number of para-hydroxylation sites is 1. The highest BCUT2D eigenvalue weighted by Crippen LogP contribution is 2.15. The number of halogens is 1. The Bertz CT molecular complexity index is 743. The summed E-state index contributed by atoms with van der Waals surface area (Å²) in [6, 6.07) is 14.3. The van der Waals surface area contributed by atoms with Gasteiger partial charge < -0.3 is 15.0 Å². The molecule has 1 fully saturated rings. The van der Waals surface area contributed by atoms with Gasteiger partial charge in [-0.1, -0.05) is 36.4 Å². The number of hydrogen-bond donors (Lipinski definition) is 1. The molecule has 1 heterocycles. The zero-order chi connectivity index (χ0) is 19.1. The highest BCUT2D eigenvalue weighted by Gasteiger charge is 2.13. The van der Waals surface area contributed by atoms with Crippen LogP contribution in [0.5, 0.6) is 5.75 Å². The molecule has 0 atom stereocenters. The van der Waals surface area contributed by atoms with Gasteiger partial charge in [-0.2, -0.15) is 0 Å². The molecule has 0 saturated carbocycles. The van der Waals surface area contributed by atoms with Crippen LogP contribution < -0.4 is 10.1 Å². The second-order valence-corrected chi connectivity index (χ2v) is 6.89. The van der Waals surface area contributed by atoms with Gasteiger partial charge >= 0.3 is 0 Å². The lowest BCUT2D eigenvalue weighted by atomic mass is 10.1. The van der Waals surface area contributed by atoms with E-state index in [0.29, 0.717) is 6.54 Å². The van der Waals surface area contributed by atoms with Gasteiger partial charge in [-0.25, -0.2) is 4.39 Å². The molecular formula is C21H26FN3O2. The van der Waals surface area contributed by atoms with Crippen molar-refractivity contribution in [2.24, 2.45) is 0 Å². The topological polar surface area (TPSA) is 44.8 Å². The van der Waals surface area contributed by atoms with Crippen LogP contribution in [0.1, 0.15) is 11.1 Å². The van der Waals surface area contributed by atoms with E-state index < -0.39 is 5.82 Å². The van der Waals surface area contributed by atoms with E-state index in [4.69, 9.17) is 4.74 Å². The Morgan fingerprint density at radius 2 is 1.70 bits per heavy atom. The third-order valence-electron chi connectivity index (χ3n) is 4.71. The molecule has 0 spiro atoms. The van der Waals surface area contributed by atoms with Gasteiger partial charge in [0.15, 0.2) is 18.2 Å². The molecule has 1 amide bonds. The number of ether oxygens (including phenoxy) is 1. The van der Waals surface area contributed by atoms with Gasteiger partial charge in [0.05, 0.1) is 0 Å². The van der Waals surface area contributed by atoms with E-state index in [9.17, 15) is 9.18 Å². The Labute approximate surface area is 159 Å². The second-order valence-electron chi connectivity index (χ2n) is 6.89. The highest BCUT2D eigenvalue weighted by molar-refractivity contribution is 5.77. The SMILES string of the molecule is CN1CCN(Cc2ccc(CNC(=O)COc3ccccc3F)cc2)CC1. The minimum atomic E-state index is -0.471. The lowest BCUT2D eigenvalue weighted by molar-refractivity contribution is -0.123. The molecule has 0 aliphatic carbocycles. The number of benzene rings is 2. The largest absolute Gasteiger partial charge is 0.481 e. The van der Waals surface area contributed by atoms with Gasteiger partial charge in [0.1, 0.15) is 0 Å². The molecule has 1 N–H and O–H groups in total. The predicted molar refractivity (Wildman–Crippen MR) is 103 cm³/mol. The lowest BCUT2D eigenvalue weighted by Crippen LogP contribution is -2.43. The molecular weight excluding hydrogens is 345 g/mol. The van der Waals surface area contributed by atoms with E-state index >= 15 is 0 Å². The molecule has 6 heteroatoms. The van der Waals surface area contributed by atoms with Crippen LogP contribution in [0.3, 0.4) is 0 Å². The minimum Gasteiger partial charge on any atom is -0.481 e. The Balaban J connectivity index is 1.40. The summed E-state index contributed by atoms with van der Waals surface area (Å²) in [5.41, 5.74) is 2.30. The zero-order valence-corrected chi connectivity index (χ0v) is 15.7. The average Bonchev–Trinajstić information content (AvgIpc) is 2.68.